The molecule has 0 bridgehead atoms. The summed E-state index contributed by atoms with van der Waals surface area (Å²) >= 11 is 0. The molecule has 0 unspecified atom stereocenters. The minimum absolute atomic E-state index is 0.124. The minimum Gasteiger partial charge on any atom is -0.355 e. The highest BCUT2D eigenvalue weighted by molar-refractivity contribution is 6.19. The average molecular weight is 507 g/mol. The highest BCUT2D eigenvalue weighted by atomic mass is 16.5. The van der Waals surface area contributed by atoms with Crippen molar-refractivity contribution in [2.45, 2.75) is 26.2 Å². The van der Waals surface area contributed by atoms with E-state index in [2.05, 4.69) is 68.4 Å². The third-order valence-electron chi connectivity index (χ3n) is 7.11. The molecule has 2 aromatic heterocycles. The van der Waals surface area contributed by atoms with E-state index in [-0.39, 0.29) is 5.41 Å². The number of nitrogens with zero attached hydrogens (tertiary/aromatic N) is 4. The first-order valence-electron chi connectivity index (χ1n) is 13.1. The summed E-state index contributed by atoms with van der Waals surface area (Å²) < 4.78 is 6.01. The molecule has 2 heterocycles. The Morgan fingerprint density at radius 3 is 1.69 bits per heavy atom. The summed E-state index contributed by atoms with van der Waals surface area (Å²) in [6.07, 6.45) is 0. The van der Waals surface area contributed by atoms with Crippen molar-refractivity contribution in [3.8, 4) is 34.2 Å². The Morgan fingerprint density at radius 2 is 1.08 bits per heavy atom. The Kier molecular flexibility index (Phi) is 5.27. The lowest BCUT2D eigenvalue weighted by Crippen LogP contribution is -2.11. The van der Waals surface area contributed by atoms with E-state index in [4.69, 9.17) is 19.5 Å². The van der Waals surface area contributed by atoms with E-state index in [1.54, 1.807) is 0 Å². The first kappa shape index (κ1) is 23.2. The van der Waals surface area contributed by atoms with Crippen molar-refractivity contribution in [1.82, 2.24) is 20.1 Å². The zero-order valence-corrected chi connectivity index (χ0v) is 22.0. The van der Waals surface area contributed by atoms with Gasteiger partial charge >= 0.3 is 0 Å². The van der Waals surface area contributed by atoms with E-state index < -0.39 is 0 Å². The zero-order valence-electron chi connectivity index (χ0n) is 22.0. The van der Waals surface area contributed by atoms with Gasteiger partial charge in [0.25, 0.3) is 0 Å². The summed E-state index contributed by atoms with van der Waals surface area (Å²) in [4.78, 5) is 14.7. The van der Waals surface area contributed by atoms with Gasteiger partial charge in [-0.3, -0.25) is 0 Å². The van der Waals surface area contributed by atoms with Gasteiger partial charge in [0, 0.05) is 32.9 Å². The first-order chi connectivity index (χ1) is 19.0. The number of aromatic nitrogens is 4. The predicted molar refractivity (Wildman–Crippen MR) is 157 cm³/mol. The van der Waals surface area contributed by atoms with Gasteiger partial charge in [-0.25, -0.2) is 15.0 Å². The van der Waals surface area contributed by atoms with Gasteiger partial charge in [-0.1, -0.05) is 117 Å². The molecule has 7 rings (SSSR count). The maximum Gasteiger partial charge on any atom is 0.175 e. The molecule has 0 fully saturated rings. The van der Waals surface area contributed by atoms with Gasteiger partial charge in [0.2, 0.25) is 0 Å². The van der Waals surface area contributed by atoms with Gasteiger partial charge in [-0.15, -0.1) is 0 Å². The second-order valence-electron chi connectivity index (χ2n) is 10.9. The van der Waals surface area contributed by atoms with Crippen LogP contribution in [0.2, 0.25) is 0 Å². The molecule has 39 heavy (non-hydrogen) atoms. The molecule has 0 aliphatic carbocycles. The van der Waals surface area contributed by atoms with Crippen molar-refractivity contribution in [2.75, 3.05) is 0 Å². The van der Waals surface area contributed by atoms with E-state index in [0.717, 1.165) is 54.9 Å². The van der Waals surface area contributed by atoms with Crippen molar-refractivity contribution in [2.24, 2.45) is 0 Å². The van der Waals surface area contributed by atoms with E-state index in [0.29, 0.717) is 17.5 Å². The zero-order chi connectivity index (χ0) is 26.6. The van der Waals surface area contributed by atoms with Gasteiger partial charge < -0.3 is 4.52 Å². The largest absolute Gasteiger partial charge is 0.355 e. The molecule has 0 radical (unpaired) electrons. The number of hydrogen-bond acceptors (Lipinski definition) is 5. The molecule has 0 N–H and O–H groups in total. The quantitative estimate of drug-likeness (QED) is 0.224. The fraction of sp³-hybridized carbons (Fsp3) is 0.118. The van der Waals surface area contributed by atoms with Crippen LogP contribution in [0.3, 0.4) is 0 Å². The van der Waals surface area contributed by atoms with Crippen molar-refractivity contribution in [1.29, 1.82) is 0 Å². The van der Waals surface area contributed by atoms with Crippen molar-refractivity contribution < 1.29 is 4.52 Å². The monoisotopic (exact) mass is 506 g/mol. The van der Waals surface area contributed by atoms with Gasteiger partial charge in [-0.2, -0.15) is 0 Å². The van der Waals surface area contributed by atoms with E-state index >= 15 is 0 Å². The van der Waals surface area contributed by atoms with Crippen LogP contribution in [0.4, 0.5) is 0 Å². The van der Waals surface area contributed by atoms with Crippen molar-refractivity contribution >= 4 is 32.5 Å². The van der Waals surface area contributed by atoms with Crippen LogP contribution in [0.15, 0.2) is 108 Å². The highest BCUT2D eigenvalue weighted by Gasteiger charge is 2.23. The lowest BCUT2D eigenvalue weighted by atomic mass is 9.89. The van der Waals surface area contributed by atoms with Crippen LogP contribution < -0.4 is 0 Å². The number of hydrogen-bond donors (Lipinski definition) is 0. The Balaban J connectivity index is 1.48. The molecule has 0 aliphatic heterocycles. The lowest BCUT2D eigenvalue weighted by Gasteiger charge is -2.14. The first-order valence-corrected chi connectivity index (χ1v) is 13.1. The van der Waals surface area contributed by atoms with Crippen LogP contribution in [0.1, 0.15) is 26.5 Å². The normalized spacial score (nSPS) is 12.0. The number of rotatable bonds is 3. The summed E-state index contributed by atoms with van der Waals surface area (Å²) in [7, 11) is 0. The van der Waals surface area contributed by atoms with Gasteiger partial charge in [-0.05, 0) is 28.3 Å². The predicted octanol–water partition coefficient (Wildman–Crippen LogP) is 8.62. The maximum absolute atomic E-state index is 6.01. The summed E-state index contributed by atoms with van der Waals surface area (Å²) in [5.41, 5.74) is 4.46. The Labute approximate surface area is 226 Å². The minimum atomic E-state index is -0.124. The molecular formula is C34H26N4O. The van der Waals surface area contributed by atoms with Crippen LogP contribution in [-0.4, -0.2) is 20.1 Å². The fourth-order valence-corrected chi connectivity index (χ4v) is 5.15. The second-order valence-corrected chi connectivity index (χ2v) is 10.9. The molecular weight excluding hydrogens is 480 g/mol. The average Bonchev–Trinajstić information content (AvgIpc) is 3.43. The molecule has 0 aliphatic rings. The molecule has 0 saturated heterocycles. The van der Waals surface area contributed by atoms with Crippen LogP contribution in [0.25, 0.3) is 66.7 Å². The molecule has 0 spiro atoms. The Hall–Kier alpha value is -4.90. The third kappa shape index (κ3) is 4.03. The second kappa shape index (κ2) is 8.84. The molecule has 5 nitrogen and oxygen atoms in total. The van der Waals surface area contributed by atoms with Crippen LogP contribution in [-0.2, 0) is 5.41 Å². The van der Waals surface area contributed by atoms with Crippen molar-refractivity contribution in [3.63, 3.8) is 0 Å². The van der Waals surface area contributed by atoms with E-state index in [1.165, 1.54) is 0 Å². The fourth-order valence-electron chi connectivity index (χ4n) is 5.15. The molecule has 0 amide bonds. The van der Waals surface area contributed by atoms with E-state index in [9.17, 15) is 0 Å². The van der Waals surface area contributed by atoms with Gasteiger partial charge in [0.1, 0.15) is 0 Å². The number of fused-ring (bicyclic) bond motifs is 5. The van der Waals surface area contributed by atoms with Gasteiger partial charge in [0.15, 0.2) is 23.1 Å². The van der Waals surface area contributed by atoms with Gasteiger partial charge in [0.05, 0.1) is 5.69 Å². The summed E-state index contributed by atoms with van der Waals surface area (Å²) in [6, 6.07) is 35.0. The molecule has 0 atom stereocenters. The summed E-state index contributed by atoms with van der Waals surface area (Å²) in [5, 5.41) is 9.89. The summed E-state index contributed by atoms with van der Waals surface area (Å²) in [5.74, 6) is 1.91. The summed E-state index contributed by atoms with van der Waals surface area (Å²) in [6.45, 7) is 6.47. The molecule has 188 valence electrons. The standard InChI is InChI=1S/C34H26N4O/c1-34(2,3)30-26-19-18-22-16-14-21-15-17-25(20-27(21)28(22)29(26)39-38-30)33-36-31(23-10-6-4-7-11-23)35-32(37-33)24-12-8-5-9-13-24/h4-20H,1-3H3. The van der Waals surface area contributed by atoms with E-state index in [1.807, 2.05) is 60.7 Å². The molecule has 5 aromatic carbocycles. The smallest absolute Gasteiger partial charge is 0.175 e. The van der Waals surface area contributed by atoms with Crippen molar-refractivity contribution in [3.05, 3.63) is 109 Å². The Morgan fingerprint density at radius 1 is 0.538 bits per heavy atom. The highest BCUT2D eigenvalue weighted by Crippen LogP contribution is 2.38. The molecule has 7 aromatic rings. The number of benzene rings is 5. The SMILES string of the molecule is CC(C)(C)c1noc2c1ccc1ccc3ccc(-c4nc(-c5ccccc5)nc(-c5ccccc5)n4)cc3c12. The lowest BCUT2D eigenvalue weighted by molar-refractivity contribution is 0.421. The third-order valence-corrected chi connectivity index (χ3v) is 7.11. The molecule has 5 heteroatoms. The van der Waals surface area contributed by atoms with Crippen LogP contribution >= 0.6 is 0 Å². The maximum atomic E-state index is 6.01. The Bertz CT molecular complexity index is 1930. The van der Waals surface area contributed by atoms with Crippen LogP contribution in [0.5, 0.6) is 0 Å². The molecule has 0 saturated carbocycles. The topological polar surface area (TPSA) is 64.7 Å². The van der Waals surface area contributed by atoms with Crippen LogP contribution in [0, 0.1) is 0 Å².